The quantitative estimate of drug-likeness (QED) is 0.114. The maximum Gasteiger partial charge on any atom is 0.306 e. The largest absolute Gasteiger partial charge is 0.460 e. The molecule has 2 aromatic carbocycles. The maximum absolute atomic E-state index is 14.7. The van der Waals surface area contributed by atoms with Crippen LogP contribution in [0, 0.1) is 18.6 Å². The minimum Gasteiger partial charge on any atom is -0.460 e. The molecule has 0 saturated carbocycles. The number of hydrogen-bond donors (Lipinski definition) is 3. The van der Waals surface area contributed by atoms with Crippen molar-refractivity contribution in [1.82, 2.24) is 20.6 Å². The standard InChI is InChI=1S/C36H38F2N4O6/c1-6-39-35(46)28(11-12-33(44)48-36(3,4)5)42-34(45)24-16-29(41-20-24)30-19-25(13-14-40-30)47-32-18-22(8-10-27(32)38)31(43)17-23-15-21(2)7-9-26(23)37/h7-10,13-16,18-20,28,41H,6,11-12,17H2,1-5H3,(H,39,46)(H,42,45)/t28-/m0/s1. The van der Waals surface area contributed by atoms with E-state index in [9.17, 15) is 28.0 Å². The number of halogens is 2. The Morgan fingerprint density at radius 1 is 0.958 bits per heavy atom. The normalized spacial score (nSPS) is 11.8. The van der Waals surface area contributed by atoms with E-state index in [2.05, 4.69) is 20.6 Å². The molecule has 3 N–H and O–H groups in total. The summed E-state index contributed by atoms with van der Waals surface area (Å²) >= 11 is 0. The van der Waals surface area contributed by atoms with E-state index in [0.29, 0.717) is 17.9 Å². The second-order valence-corrected chi connectivity index (χ2v) is 12.2. The molecule has 0 saturated heterocycles. The number of H-pyrrole nitrogens is 1. The molecule has 10 nitrogen and oxygen atoms in total. The number of Topliss-reactive ketones (excluding diaryl/α,β-unsaturated/α-hetero) is 1. The van der Waals surface area contributed by atoms with Gasteiger partial charge in [-0.25, -0.2) is 8.78 Å². The third-order valence-corrected chi connectivity index (χ3v) is 7.02. The van der Waals surface area contributed by atoms with Crippen LogP contribution in [0.4, 0.5) is 8.78 Å². The zero-order valence-electron chi connectivity index (χ0n) is 27.4. The number of pyridine rings is 1. The van der Waals surface area contributed by atoms with E-state index in [0.717, 1.165) is 11.6 Å². The summed E-state index contributed by atoms with van der Waals surface area (Å²) in [7, 11) is 0. The Balaban J connectivity index is 1.45. The number of nitrogens with one attached hydrogen (secondary N) is 3. The second kappa shape index (κ2) is 15.5. The minimum absolute atomic E-state index is 0.0386. The lowest BCUT2D eigenvalue weighted by atomic mass is 10.0. The topological polar surface area (TPSA) is 139 Å². The number of esters is 1. The summed E-state index contributed by atoms with van der Waals surface area (Å²) in [5.41, 5.74) is 1.51. The average Bonchev–Trinajstić information content (AvgIpc) is 3.52. The lowest BCUT2D eigenvalue weighted by Crippen LogP contribution is -2.47. The number of carbonyl (C=O) groups excluding carboxylic acids is 4. The van der Waals surface area contributed by atoms with Crippen molar-refractivity contribution in [3.05, 3.63) is 101 Å². The van der Waals surface area contributed by atoms with Gasteiger partial charge in [0.2, 0.25) is 5.91 Å². The van der Waals surface area contributed by atoms with Crippen molar-refractivity contribution in [3.63, 3.8) is 0 Å². The van der Waals surface area contributed by atoms with Gasteiger partial charge in [0.15, 0.2) is 17.3 Å². The van der Waals surface area contributed by atoms with Crippen LogP contribution in [0.25, 0.3) is 11.4 Å². The van der Waals surface area contributed by atoms with E-state index in [4.69, 9.17) is 9.47 Å². The summed E-state index contributed by atoms with van der Waals surface area (Å²) in [6.07, 6.45) is 2.64. The van der Waals surface area contributed by atoms with Crippen LogP contribution in [0.15, 0.2) is 67.0 Å². The lowest BCUT2D eigenvalue weighted by molar-refractivity contribution is -0.155. The van der Waals surface area contributed by atoms with Crippen molar-refractivity contribution < 1.29 is 37.4 Å². The number of nitrogens with zero attached hydrogens (tertiary/aromatic N) is 1. The highest BCUT2D eigenvalue weighted by atomic mass is 19.1. The van der Waals surface area contributed by atoms with Crippen LogP contribution >= 0.6 is 0 Å². The van der Waals surface area contributed by atoms with Gasteiger partial charge < -0.3 is 25.1 Å². The minimum atomic E-state index is -0.980. The van der Waals surface area contributed by atoms with Gasteiger partial charge in [-0.1, -0.05) is 17.7 Å². The number of carbonyl (C=O) groups is 4. The second-order valence-electron chi connectivity index (χ2n) is 12.2. The SMILES string of the molecule is CCNC(=O)[C@H](CCC(=O)OC(C)(C)C)NC(=O)c1c[nH]c(-c2cc(Oc3cc(C(=O)Cc4cc(C)ccc4F)ccc3F)ccn2)c1. The number of aryl methyl sites for hydroxylation is 1. The van der Waals surface area contributed by atoms with E-state index < -0.39 is 46.8 Å². The summed E-state index contributed by atoms with van der Waals surface area (Å²) in [4.78, 5) is 58.1. The number of benzene rings is 2. The van der Waals surface area contributed by atoms with Crippen LogP contribution in [0.2, 0.25) is 0 Å². The third-order valence-electron chi connectivity index (χ3n) is 7.02. The molecule has 48 heavy (non-hydrogen) atoms. The van der Waals surface area contributed by atoms with Crippen LogP contribution in [0.3, 0.4) is 0 Å². The number of ketones is 1. The Morgan fingerprint density at radius 3 is 2.44 bits per heavy atom. The average molecular weight is 661 g/mol. The number of amides is 2. The Morgan fingerprint density at radius 2 is 1.71 bits per heavy atom. The highest BCUT2D eigenvalue weighted by Crippen LogP contribution is 2.29. The van der Waals surface area contributed by atoms with Gasteiger partial charge in [-0.3, -0.25) is 24.2 Å². The summed E-state index contributed by atoms with van der Waals surface area (Å²) in [6.45, 7) is 9.10. The predicted molar refractivity (Wildman–Crippen MR) is 175 cm³/mol. The Hall–Kier alpha value is -5.39. The summed E-state index contributed by atoms with van der Waals surface area (Å²) in [5, 5.41) is 5.33. The number of aromatic nitrogens is 2. The molecule has 0 aliphatic carbocycles. The molecule has 0 radical (unpaired) electrons. The molecule has 0 aliphatic heterocycles. The van der Waals surface area contributed by atoms with Gasteiger partial charge in [0.25, 0.3) is 5.91 Å². The molecule has 252 valence electrons. The van der Waals surface area contributed by atoms with Crippen LogP contribution in [0.5, 0.6) is 11.5 Å². The molecule has 0 aliphatic rings. The van der Waals surface area contributed by atoms with E-state index in [1.807, 2.05) is 0 Å². The molecule has 0 fully saturated rings. The molecular weight excluding hydrogens is 622 g/mol. The molecule has 12 heteroatoms. The van der Waals surface area contributed by atoms with Crippen LogP contribution in [-0.4, -0.2) is 51.7 Å². The van der Waals surface area contributed by atoms with E-state index in [1.54, 1.807) is 46.8 Å². The smallest absolute Gasteiger partial charge is 0.306 e. The van der Waals surface area contributed by atoms with Crippen molar-refractivity contribution in [2.24, 2.45) is 0 Å². The zero-order valence-corrected chi connectivity index (χ0v) is 27.4. The first kappa shape index (κ1) is 35.5. The fraction of sp³-hybridized carbons (Fsp3) is 0.306. The molecule has 0 bridgehead atoms. The summed E-state index contributed by atoms with van der Waals surface area (Å²) < 4.78 is 40.0. The fourth-order valence-corrected chi connectivity index (χ4v) is 4.75. The molecule has 2 amide bonds. The number of ether oxygens (including phenoxy) is 2. The van der Waals surface area contributed by atoms with Gasteiger partial charge in [0.1, 0.15) is 23.2 Å². The Labute approximate surface area is 277 Å². The maximum atomic E-state index is 14.7. The summed E-state index contributed by atoms with van der Waals surface area (Å²) in [5.74, 6) is -3.10. The molecule has 0 spiro atoms. The molecule has 4 aromatic rings. The fourth-order valence-electron chi connectivity index (χ4n) is 4.75. The first-order valence-corrected chi connectivity index (χ1v) is 15.4. The van der Waals surface area contributed by atoms with Crippen molar-refractivity contribution >= 4 is 23.6 Å². The highest BCUT2D eigenvalue weighted by molar-refractivity contribution is 5.99. The Bertz CT molecular complexity index is 1810. The molecule has 0 unspecified atom stereocenters. The monoisotopic (exact) mass is 660 g/mol. The predicted octanol–water partition coefficient (Wildman–Crippen LogP) is 6.24. The molecule has 2 aromatic heterocycles. The van der Waals surface area contributed by atoms with E-state index >= 15 is 0 Å². The van der Waals surface area contributed by atoms with Crippen molar-refractivity contribution in [1.29, 1.82) is 0 Å². The number of aromatic amines is 1. The third kappa shape index (κ3) is 9.81. The van der Waals surface area contributed by atoms with Crippen LogP contribution in [-0.2, 0) is 20.7 Å². The number of likely N-dealkylation sites (N-methyl/N-ethyl adjacent to an activating group) is 1. The summed E-state index contributed by atoms with van der Waals surface area (Å²) in [6, 6.07) is 11.7. The molecule has 4 rings (SSSR count). The van der Waals surface area contributed by atoms with Crippen LogP contribution in [0.1, 0.15) is 72.4 Å². The molecule has 1 atom stereocenters. The van der Waals surface area contributed by atoms with Gasteiger partial charge in [0.05, 0.1) is 17.0 Å². The molecule has 2 heterocycles. The van der Waals surface area contributed by atoms with Gasteiger partial charge in [-0.15, -0.1) is 0 Å². The highest BCUT2D eigenvalue weighted by Gasteiger charge is 2.25. The van der Waals surface area contributed by atoms with Gasteiger partial charge >= 0.3 is 5.97 Å². The Kier molecular flexibility index (Phi) is 11.4. The van der Waals surface area contributed by atoms with E-state index in [-0.39, 0.29) is 47.5 Å². The van der Waals surface area contributed by atoms with Crippen molar-refractivity contribution in [3.8, 4) is 22.9 Å². The first-order chi connectivity index (χ1) is 22.7. The zero-order chi connectivity index (χ0) is 35.0. The van der Waals surface area contributed by atoms with Gasteiger partial charge in [-0.2, -0.15) is 0 Å². The lowest BCUT2D eigenvalue weighted by Gasteiger charge is -2.21. The van der Waals surface area contributed by atoms with Crippen LogP contribution < -0.4 is 15.4 Å². The number of hydrogen-bond acceptors (Lipinski definition) is 7. The van der Waals surface area contributed by atoms with Gasteiger partial charge in [0, 0.05) is 43.4 Å². The number of rotatable bonds is 13. The van der Waals surface area contributed by atoms with Crippen molar-refractivity contribution in [2.45, 2.75) is 65.5 Å². The first-order valence-electron chi connectivity index (χ1n) is 15.4. The molecular formula is C36H38F2N4O6. The van der Waals surface area contributed by atoms with Crippen molar-refractivity contribution in [2.75, 3.05) is 6.54 Å². The van der Waals surface area contributed by atoms with Gasteiger partial charge in [-0.05, 0) is 83.0 Å². The van der Waals surface area contributed by atoms with E-state index in [1.165, 1.54) is 48.8 Å².